The van der Waals surface area contributed by atoms with Gasteiger partial charge in [0, 0.05) is 13.6 Å². The van der Waals surface area contributed by atoms with Crippen LogP contribution in [0.3, 0.4) is 0 Å². The number of hydrazone groups is 1. The molecular formula is C27H31N3. The van der Waals surface area contributed by atoms with Crippen LogP contribution in [0.4, 0.5) is 0 Å². The van der Waals surface area contributed by atoms with Gasteiger partial charge in [0.15, 0.2) is 5.84 Å². The molecule has 30 heavy (non-hydrogen) atoms. The lowest BCUT2D eigenvalue weighted by Crippen LogP contribution is -2.51. The maximum Gasteiger partial charge on any atom is 0.152 e. The van der Waals surface area contributed by atoms with E-state index in [4.69, 9.17) is 5.10 Å². The normalized spacial score (nSPS) is 25.0. The SMILES string of the molecule is Cc1ccc(C2CN(C)N=C3/C(=C/c4ccc(C)c5c4CC5)CC4(CC4)CN32)cc1. The zero-order valence-corrected chi connectivity index (χ0v) is 18.4. The van der Waals surface area contributed by atoms with Gasteiger partial charge in [0.05, 0.1) is 12.6 Å². The van der Waals surface area contributed by atoms with E-state index >= 15 is 0 Å². The molecule has 2 aromatic rings. The van der Waals surface area contributed by atoms with E-state index in [1.165, 1.54) is 65.8 Å². The molecule has 6 rings (SSSR count). The van der Waals surface area contributed by atoms with Gasteiger partial charge in [-0.3, -0.25) is 5.01 Å². The number of rotatable bonds is 2. The van der Waals surface area contributed by atoms with Crippen LogP contribution < -0.4 is 0 Å². The van der Waals surface area contributed by atoms with Gasteiger partial charge in [-0.2, -0.15) is 5.10 Å². The molecule has 2 heterocycles. The van der Waals surface area contributed by atoms with E-state index in [-0.39, 0.29) is 0 Å². The first kappa shape index (κ1) is 18.2. The number of aryl methyl sites for hydroxylation is 2. The lowest BCUT2D eigenvalue weighted by molar-refractivity contribution is 0.156. The van der Waals surface area contributed by atoms with E-state index in [1.54, 1.807) is 11.1 Å². The Hall–Kier alpha value is -2.55. The van der Waals surface area contributed by atoms with Gasteiger partial charge in [0.2, 0.25) is 0 Å². The molecule has 1 saturated carbocycles. The Morgan fingerprint density at radius 2 is 1.77 bits per heavy atom. The zero-order chi connectivity index (χ0) is 20.5. The van der Waals surface area contributed by atoms with Gasteiger partial charge in [-0.1, -0.05) is 42.0 Å². The molecule has 3 heteroatoms. The largest absolute Gasteiger partial charge is 0.346 e. The third kappa shape index (κ3) is 2.90. The van der Waals surface area contributed by atoms with Crippen molar-refractivity contribution in [3.05, 3.63) is 75.4 Å². The summed E-state index contributed by atoms with van der Waals surface area (Å²) in [6, 6.07) is 14.2. The van der Waals surface area contributed by atoms with Crippen molar-refractivity contribution < 1.29 is 0 Å². The fourth-order valence-corrected chi connectivity index (χ4v) is 5.66. The molecule has 0 amide bonds. The van der Waals surface area contributed by atoms with Gasteiger partial charge in [0.1, 0.15) is 0 Å². The number of hydrogen-bond acceptors (Lipinski definition) is 3. The number of piperidine rings is 1. The van der Waals surface area contributed by atoms with E-state index in [2.05, 4.69) is 73.3 Å². The zero-order valence-electron chi connectivity index (χ0n) is 18.4. The van der Waals surface area contributed by atoms with Gasteiger partial charge < -0.3 is 4.90 Å². The summed E-state index contributed by atoms with van der Waals surface area (Å²) >= 11 is 0. The molecule has 2 aliphatic heterocycles. The summed E-state index contributed by atoms with van der Waals surface area (Å²) in [6.45, 7) is 6.53. The lowest BCUT2D eigenvalue weighted by Gasteiger charge is -2.46. The monoisotopic (exact) mass is 397 g/mol. The minimum Gasteiger partial charge on any atom is -0.346 e. The van der Waals surface area contributed by atoms with Crippen LogP contribution in [-0.4, -0.2) is 35.9 Å². The molecule has 154 valence electrons. The topological polar surface area (TPSA) is 18.8 Å². The third-order valence-electron chi connectivity index (χ3n) is 7.78. The molecular weight excluding hydrogens is 366 g/mol. The van der Waals surface area contributed by atoms with E-state index < -0.39 is 0 Å². The number of nitrogens with zero attached hydrogens (tertiary/aromatic N) is 3. The van der Waals surface area contributed by atoms with Crippen LogP contribution in [0.1, 0.15) is 58.7 Å². The van der Waals surface area contributed by atoms with E-state index in [0.29, 0.717) is 11.5 Å². The van der Waals surface area contributed by atoms with Crippen molar-refractivity contribution in [1.82, 2.24) is 9.91 Å². The highest BCUT2D eigenvalue weighted by Crippen LogP contribution is 2.55. The summed E-state index contributed by atoms with van der Waals surface area (Å²) in [5.41, 5.74) is 10.7. The molecule has 0 N–H and O–H groups in total. The molecule has 0 bridgehead atoms. The Morgan fingerprint density at radius 1 is 1.00 bits per heavy atom. The van der Waals surface area contributed by atoms with E-state index in [9.17, 15) is 0 Å². The maximum absolute atomic E-state index is 5.06. The van der Waals surface area contributed by atoms with Crippen molar-refractivity contribution in [3.63, 3.8) is 0 Å². The predicted molar refractivity (Wildman–Crippen MR) is 124 cm³/mol. The molecule has 0 aromatic heterocycles. The molecule has 3 nitrogen and oxygen atoms in total. The van der Waals surface area contributed by atoms with E-state index in [0.717, 1.165) is 13.1 Å². The first-order chi connectivity index (χ1) is 14.5. The fraction of sp³-hybridized carbons (Fsp3) is 0.444. The summed E-state index contributed by atoms with van der Waals surface area (Å²) < 4.78 is 0. The van der Waals surface area contributed by atoms with Gasteiger partial charge in [0.25, 0.3) is 0 Å². The Labute approximate surface area is 180 Å². The Kier molecular flexibility index (Phi) is 3.93. The van der Waals surface area contributed by atoms with Gasteiger partial charge >= 0.3 is 0 Å². The smallest absolute Gasteiger partial charge is 0.152 e. The summed E-state index contributed by atoms with van der Waals surface area (Å²) in [4.78, 5) is 2.63. The maximum atomic E-state index is 5.06. The van der Waals surface area contributed by atoms with Crippen molar-refractivity contribution in [3.8, 4) is 0 Å². The molecule has 2 fully saturated rings. The number of fused-ring (bicyclic) bond motifs is 2. The quantitative estimate of drug-likeness (QED) is 0.687. The number of benzene rings is 2. The minimum atomic E-state index is 0.380. The molecule has 1 atom stereocenters. The highest BCUT2D eigenvalue weighted by molar-refractivity contribution is 6.03. The average molecular weight is 398 g/mol. The molecule has 4 aliphatic rings. The van der Waals surface area contributed by atoms with Crippen LogP contribution in [0.25, 0.3) is 6.08 Å². The Bertz CT molecular complexity index is 1070. The number of likely N-dealkylation sites (N-methyl/N-ethyl adjacent to an activating group) is 1. The first-order valence-corrected chi connectivity index (χ1v) is 11.5. The third-order valence-corrected chi connectivity index (χ3v) is 7.78. The molecule has 1 saturated heterocycles. The lowest BCUT2D eigenvalue weighted by atomic mass is 9.80. The molecule has 2 aromatic carbocycles. The second-order valence-corrected chi connectivity index (χ2v) is 10.1. The summed E-state index contributed by atoms with van der Waals surface area (Å²) in [5.74, 6) is 1.21. The van der Waals surface area contributed by atoms with Crippen molar-refractivity contribution in [1.29, 1.82) is 0 Å². The number of hydrogen-bond donors (Lipinski definition) is 0. The van der Waals surface area contributed by atoms with Crippen LogP contribution in [0, 0.1) is 19.3 Å². The van der Waals surface area contributed by atoms with Gasteiger partial charge in [-0.05, 0) is 90.8 Å². The van der Waals surface area contributed by atoms with Gasteiger partial charge in [-0.25, -0.2) is 0 Å². The molecule has 1 spiro atoms. The highest BCUT2D eigenvalue weighted by atomic mass is 15.5. The molecule has 0 radical (unpaired) electrons. The van der Waals surface area contributed by atoms with Crippen molar-refractivity contribution in [2.45, 2.75) is 52.0 Å². The Balaban J connectivity index is 1.43. The van der Waals surface area contributed by atoms with Crippen molar-refractivity contribution in [2.24, 2.45) is 10.5 Å². The highest BCUT2D eigenvalue weighted by Gasteiger charge is 2.51. The molecule has 1 unspecified atom stereocenters. The Morgan fingerprint density at radius 3 is 2.47 bits per heavy atom. The van der Waals surface area contributed by atoms with E-state index in [1.807, 2.05) is 0 Å². The second-order valence-electron chi connectivity index (χ2n) is 10.1. The van der Waals surface area contributed by atoms with Gasteiger partial charge in [-0.15, -0.1) is 0 Å². The van der Waals surface area contributed by atoms with Crippen molar-refractivity contribution >= 4 is 11.9 Å². The summed E-state index contributed by atoms with van der Waals surface area (Å²) in [5, 5.41) is 7.22. The predicted octanol–water partition coefficient (Wildman–Crippen LogP) is 5.27. The van der Waals surface area contributed by atoms with Crippen molar-refractivity contribution in [2.75, 3.05) is 20.1 Å². The first-order valence-electron chi connectivity index (χ1n) is 11.5. The minimum absolute atomic E-state index is 0.380. The van der Waals surface area contributed by atoms with Crippen LogP contribution >= 0.6 is 0 Å². The average Bonchev–Trinajstić information content (AvgIpc) is 3.43. The van der Waals surface area contributed by atoms with Crippen LogP contribution in [0.2, 0.25) is 0 Å². The second kappa shape index (κ2) is 6.47. The fourth-order valence-electron chi connectivity index (χ4n) is 5.66. The summed E-state index contributed by atoms with van der Waals surface area (Å²) in [7, 11) is 2.13. The standard InChI is InChI=1S/C27H31N3/c1-18-4-7-20(8-5-18)25-16-29(3)28-26-22(15-27(12-13-27)17-30(25)26)14-21-9-6-19(2)23-10-11-24(21)23/h4-9,14,25H,10-13,15-17H2,1-3H3/b22-14+. The van der Waals surface area contributed by atoms with Crippen LogP contribution in [-0.2, 0) is 12.8 Å². The van der Waals surface area contributed by atoms with Crippen LogP contribution in [0.5, 0.6) is 0 Å². The molecule has 2 aliphatic carbocycles. The summed E-state index contributed by atoms with van der Waals surface area (Å²) in [6.07, 6.45) is 8.84. The number of amidine groups is 1. The van der Waals surface area contributed by atoms with Crippen LogP contribution in [0.15, 0.2) is 47.1 Å².